The Labute approximate surface area is 92.6 Å². The first-order chi connectivity index (χ1) is 7.70. The minimum absolute atomic E-state index is 0.209. The molecule has 1 saturated carbocycles. The summed E-state index contributed by atoms with van der Waals surface area (Å²) >= 11 is 0. The van der Waals surface area contributed by atoms with Gasteiger partial charge in [-0.25, -0.2) is 9.80 Å². The number of hydrogen-bond acceptors (Lipinski definition) is 3. The maximum Gasteiger partial charge on any atom is 0.335 e. The predicted molar refractivity (Wildman–Crippen MR) is 59.3 cm³/mol. The van der Waals surface area contributed by atoms with E-state index in [1.165, 1.54) is 17.1 Å². The van der Waals surface area contributed by atoms with Crippen LogP contribution in [0.4, 0.5) is 5.69 Å². The maximum absolute atomic E-state index is 10.6. The summed E-state index contributed by atoms with van der Waals surface area (Å²) in [7, 11) is 0. The highest BCUT2D eigenvalue weighted by molar-refractivity contribution is 5.88. The predicted octanol–water partition coefficient (Wildman–Crippen LogP) is 2.28. The van der Waals surface area contributed by atoms with Crippen LogP contribution < -0.4 is 5.01 Å². The molecule has 0 heterocycles. The molecule has 5 heteroatoms. The van der Waals surface area contributed by atoms with Gasteiger partial charge in [0.25, 0.3) is 0 Å². The van der Waals surface area contributed by atoms with Crippen LogP contribution in [0.3, 0.4) is 0 Å². The second kappa shape index (κ2) is 4.30. The number of carbonyl (C=O) groups is 1. The Kier molecular flexibility index (Phi) is 2.85. The summed E-state index contributed by atoms with van der Waals surface area (Å²) in [5.74, 6) is -0.420. The number of benzene rings is 1. The van der Waals surface area contributed by atoms with Gasteiger partial charge in [0.2, 0.25) is 0 Å². The first kappa shape index (κ1) is 10.6. The third-order valence-corrected chi connectivity index (χ3v) is 2.64. The molecular formula is C11H12N2O3. The Hall–Kier alpha value is -1.91. The van der Waals surface area contributed by atoms with E-state index in [-0.39, 0.29) is 5.56 Å². The Balaban J connectivity index is 2.11. The van der Waals surface area contributed by atoms with Gasteiger partial charge in [0.1, 0.15) is 0 Å². The van der Waals surface area contributed by atoms with E-state index in [1.807, 2.05) is 0 Å². The average molecular weight is 220 g/mol. The molecule has 1 aliphatic carbocycles. The van der Waals surface area contributed by atoms with E-state index in [0.29, 0.717) is 18.2 Å². The number of aromatic carboxylic acids is 1. The molecule has 1 fully saturated rings. The van der Waals surface area contributed by atoms with Crippen molar-refractivity contribution in [3.63, 3.8) is 0 Å². The van der Waals surface area contributed by atoms with Crippen LogP contribution in [-0.4, -0.2) is 17.6 Å². The second-order valence-corrected chi connectivity index (χ2v) is 3.96. The molecule has 0 aromatic heterocycles. The molecule has 0 atom stereocenters. The van der Waals surface area contributed by atoms with Crippen LogP contribution in [0.15, 0.2) is 29.6 Å². The third-order valence-electron chi connectivity index (χ3n) is 2.64. The number of carboxylic acid groups (broad SMARTS) is 1. The molecule has 1 aromatic carbocycles. The van der Waals surface area contributed by atoms with Gasteiger partial charge in [-0.2, -0.15) is 0 Å². The molecule has 1 aromatic rings. The molecule has 0 aliphatic heterocycles. The Bertz CT molecular complexity index is 398. The fraction of sp³-hybridized carbons (Fsp3) is 0.364. The first-order valence-electron chi connectivity index (χ1n) is 5.15. The van der Waals surface area contributed by atoms with Gasteiger partial charge in [-0.3, -0.25) is 0 Å². The highest BCUT2D eigenvalue weighted by Crippen LogP contribution is 2.31. The van der Waals surface area contributed by atoms with Crippen molar-refractivity contribution in [1.29, 1.82) is 0 Å². The number of anilines is 1. The van der Waals surface area contributed by atoms with Crippen molar-refractivity contribution in [3.8, 4) is 0 Å². The molecule has 5 nitrogen and oxygen atoms in total. The van der Waals surface area contributed by atoms with Crippen LogP contribution in [0.5, 0.6) is 0 Å². The second-order valence-electron chi connectivity index (χ2n) is 3.96. The van der Waals surface area contributed by atoms with E-state index in [0.717, 1.165) is 12.8 Å². The monoisotopic (exact) mass is 220 g/mol. The van der Waals surface area contributed by atoms with Gasteiger partial charge in [0, 0.05) is 6.54 Å². The van der Waals surface area contributed by atoms with Crippen molar-refractivity contribution < 1.29 is 9.90 Å². The molecule has 0 radical (unpaired) electrons. The van der Waals surface area contributed by atoms with Crippen molar-refractivity contribution in [1.82, 2.24) is 0 Å². The van der Waals surface area contributed by atoms with Gasteiger partial charge >= 0.3 is 5.97 Å². The molecule has 2 rings (SSSR count). The molecule has 0 bridgehead atoms. The Morgan fingerprint density at radius 2 is 2.00 bits per heavy atom. The number of hydrogen-bond donors (Lipinski definition) is 1. The van der Waals surface area contributed by atoms with Gasteiger partial charge in [0.05, 0.1) is 16.5 Å². The van der Waals surface area contributed by atoms with Crippen LogP contribution in [0.1, 0.15) is 23.2 Å². The molecule has 84 valence electrons. The first-order valence-corrected chi connectivity index (χ1v) is 5.15. The summed E-state index contributed by atoms with van der Waals surface area (Å²) in [6.07, 6.45) is 2.28. The van der Waals surface area contributed by atoms with E-state index in [1.54, 1.807) is 12.1 Å². The van der Waals surface area contributed by atoms with E-state index in [2.05, 4.69) is 5.29 Å². The normalized spacial score (nSPS) is 14.5. The standard InChI is InChI=1S/C11H12N2O3/c14-11(15)9-3-5-10(6-4-9)13(12-16)7-8-1-2-8/h3-6,8H,1-2,7H2,(H,14,15). The third kappa shape index (κ3) is 2.36. The zero-order valence-corrected chi connectivity index (χ0v) is 8.67. The minimum atomic E-state index is -0.973. The summed E-state index contributed by atoms with van der Waals surface area (Å²) in [6.45, 7) is 0.621. The molecule has 0 amide bonds. The van der Waals surface area contributed by atoms with Gasteiger partial charge in [0.15, 0.2) is 0 Å². The summed E-state index contributed by atoms with van der Waals surface area (Å²) in [5.41, 5.74) is 0.855. The maximum atomic E-state index is 10.6. The zero-order chi connectivity index (χ0) is 11.5. The van der Waals surface area contributed by atoms with Gasteiger partial charge in [-0.15, -0.1) is 4.91 Å². The number of nitroso groups, excluding NO2 is 1. The summed E-state index contributed by atoms with van der Waals surface area (Å²) in [5, 5.41) is 13.1. The van der Waals surface area contributed by atoms with Gasteiger partial charge in [-0.05, 0) is 43.0 Å². The zero-order valence-electron chi connectivity index (χ0n) is 8.67. The van der Waals surface area contributed by atoms with Crippen molar-refractivity contribution in [2.75, 3.05) is 11.6 Å². The Morgan fingerprint density at radius 3 is 2.44 bits per heavy atom. The summed E-state index contributed by atoms with van der Waals surface area (Å²) in [6, 6.07) is 6.16. The lowest BCUT2D eigenvalue weighted by atomic mass is 10.2. The number of rotatable bonds is 5. The lowest BCUT2D eigenvalue weighted by Crippen LogP contribution is -2.18. The van der Waals surface area contributed by atoms with Crippen LogP contribution in [0, 0.1) is 10.8 Å². The molecule has 1 aliphatic rings. The highest BCUT2D eigenvalue weighted by atomic mass is 16.4. The molecule has 0 saturated heterocycles. The largest absolute Gasteiger partial charge is 0.478 e. The lowest BCUT2D eigenvalue weighted by Gasteiger charge is -2.14. The van der Waals surface area contributed by atoms with Crippen LogP contribution in [0.25, 0.3) is 0 Å². The van der Waals surface area contributed by atoms with E-state index < -0.39 is 5.97 Å². The van der Waals surface area contributed by atoms with E-state index in [4.69, 9.17) is 5.11 Å². The number of carboxylic acids is 1. The highest BCUT2D eigenvalue weighted by Gasteiger charge is 2.25. The SMILES string of the molecule is O=NN(CC1CC1)c1ccc(C(=O)O)cc1. The van der Waals surface area contributed by atoms with Gasteiger partial charge < -0.3 is 5.11 Å². The summed E-state index contributed by atoms with van der Waals surface area (Å²) < 4.78 is 0. The fourth-order valence-electron chi connectivity index (χ4n) is 1.51. The fourth-order valence-corrected chi connectivity index (χ4v) is 1.51. The lowest BCUT2D eigenvalue weighted by molar-refractivity contribution is 0.0697. The van der Waals surface area contributed by atoms with Gasteiger partial charge in [-0.1, -0.05) is 0 Å². The van der Waals surface area contributed by atoms with E-state index >= 15 is 0 Å². The molecular weight excluding hydrogens is 208 g/mol. The minimum Gasteiger partial charge on any atom is -0.478 e. The Morgan fingerprint density at radius 1 is 1.38 bits per heavy atom. The van der Waals surface area contributed by atoms with Crippen LogP contribution >= 0.6 is 0 Å². The molecule has 1 N–H and O–H groups in total. The van der Waals surface area contributed by atoms with Crippen molar-refractivity contribution in [3.05, 3.63) is 34.7 Å². The van der Waals surface area contributed by atoms with Crippen molar-refractivity contribution in [2.45, 2.75) is 12.8 Å². The summed E-state index contributed by atoms with van der Waals surface area (Å²) in [4.78, 5) is 21.3. The molecule has 16 heavy (non-hydrogen) atoms. The van der Waals surface area contributed by atoms with Crippen molar-refractivity contribution in [2.24, 2.45) is 11.2 Å². The number of nitrogens with zero attached hydrogens (tertiary/aromatic N) is 2. The molecule has 0 spiro atoms. The smallest absolute Gasteiger partial charge is 0.335 e. The van der Waals surface area contributed by atoms with Crippen molar-refractivity contribution >= 4 is 11.7 Å². The topological polar surface area (TPSA) is 70.0 Å². The average Bonchev–Trinajstić information content (AvgIpc) is 3.10. The van der Waals surface area contributed by atoms with E-state index in [9.17, 15) is 9.70 Å². The molecule has 0 unspecified atom stereocenters. The van der Waals surface area contributed by atoms with Crippen LogP contribution in [-0.2, 0) is 0 Å². The van der Waals surface area contributed by atoms with Crippen LogP contribution in [0.2, 0.25) is 0 Å². The quantitative estimate of drug-likeness (QED) is 0.610.